The van der Waals surface area contributed by atoms with E-state index in [1.54, 1.807) is 0 Å². The van der Waals surface area contributed by atoms with Gasteiger partial charge >= 0.3 is 0 Å². The second kappa shape index (κ2) is 4.85. The molecule has 2 aromatic rings. The molecule has 0 amide bonds. The molecule has 0 aliphatic carbocycles. The Kier molecular flexibility index (Phi) is 3.66. The summed E-state index contributed by atoms with van der Waals surface area (Å²) in [5.74, 6) is 0.602. The van der Waals surface area contributed by atoms with E-state index in [4.69, 9.17) is 23.2 Å². The second-order valence-electron chi connectivity index (χ2n) is 3.25. The fraction of sp³-hybridized carbons (Fsp3) is 0.0909. The lowest BCUT2D eigenvalue weighted by Gasteiger charge is -2.05. The molecule has 1 aromatic carbocycles. The van der Waals surface area contributed by atoms with Gasteiger partial charge in [0.05, 0.1) is 9.26 Å². The minimum atomic E-state index is 0.475. The molecule has 1 aromatic heterocycles. The molecule has 0 saturated carbocycles. The maximum atomic E-state index is 6.02. The molecule has 0 aliphatic rings. The first-order valence-corrected chi connectivity index (χ1v) is 6.37. The molecule has 0 unspecified atom stereocenters. The van der Waals surface area contributed by atoms with E-state index in [-0.39, 0.29) is 0 Å². The molecule has 0 atom stereocenters. The van der Waals surface area contributed by atoms with Crippen LogP contribution in [0, 0.1) is 10.5 Å². The predicted octanol–water partition coefficient (Wildman–Crippen LogP) is 4.36. The molecule has 1 heterocycles. The zero-order chi connectivity index (χ0) is 11.7. The highest BCUT2D eigenvalue weighted by molar-refractivity contribution is 14.1. The lowest BCUT2D eigenvalue weighted by Crippen LogP contribution is -1.96. The third-order valence-corrected chi connectivity index (χ3v) is 4.18. The number of halogens is 3. The fourth-order valence-electron chi connectivity index (χ4n) is 1.28. The minimum Gasteiger partial charge on any atom is -0.232 e. The van der Waals surface area contributed by atoms with Crippen LogP contribution in [0.3, 0.4) is 0 Å². The van der Waals surface area contributed by atoms with Gasteiger partial charge in [0.15, 0.2) is 5.82 Å². The first kappa shape index (κ1) is 12.1. The Labute approximate surface area is 117 Å². The van der Waals surface area contributed by atoms with Gasteiger partial charge in [-0.25, -0.2) is 9.97 Å². The molecule has 0 aliphatic heterocycles. The van der Waals surface area contributed by atoms with Crippen molar-refractivity contribution in [2.24, 2.45) is 0 Å². The zero-order valence-electron chi connectivity index (χ0n) is 8.34. The molecule has 0 radical (unpaired) electrons. The fourth-order valence-corrected chi connectivity index (χ4v) is 1.93. The molecular formula is C11H7Cl2IN2. The number of hydrogen-bond donors (Lipinski definition) is 0. The maximum Gasteiger partial charge on any atom is 0.161 e. The Balaban J connectivity index is 2.57. The topological polar surface area (TPSA) is 25.8 Å². The normalized spacial score (nSPS) is 10.5. The number of hydrogen-bond acceptors (Lipinski definition) is 2. The second-order valence-corrected chi connectivity index (χ2v) is 5.12. The van der Waals surface area contributed by atoms with Crippen molar-refractivity contribution in [3.8, 4) is 11.4 Å². The summed E-state index contributed by atoms with van der Waals surface area (Å²) in [6.07, 6.45) is 0. The molecule has 2 rings (SSSR count). The summed E-state index contributed by atoms with van der Waals surface area (Å²) < 4.78 is 0.880. The Morgan fingerprint density at radius 1 is 1.19 bits per heavy atom. The van der Waals surface area contributed by atoms with Gasteiger partial charge in [-0.1, -0.05) is 35.3 Å². The van der Waals surface area contributed by atoms with Crippen LogP contribution >= 0.6 is 45.8 Å². The average molecular weight is 365 g/mol. The van der Waals surface area contributed by atoms with Gasteiger partial charge in [-0.05, 0) is 41.6 Å². The molecule has 5 heteroatoms. The minimum absolute atomic E-state index is 0.475. The largest absolute Gasteiger partial charge is 0.232 e. The highest BCUT2D eigenvalue weighted by Crippen LogP contribution is 2.24. The van der Waals surface area contributed by atoms with Crippen molar-refractivity contribution in [1.82, 2.24) is 9.97 Å². The monoisotopic (exact) mass is 364 g/mol. The summed E-state index contributed by atoms with van der Waals surface area (Å²) in [6.45, 7) is 1.91. The average Bonchev–Trinajstić information content (AvgIpc) is 2.25. The number of aromatic nitrogens is 2. The van der Waals surface area contributed by atoms with E-state index in [1.807, 2.05) is 31.2 Å². The summed E-state index contributed by atoms with van der Waals surface area (Å²) in [4.78, 5) is 8.62. The van der Waals surface area contributed by atoms with Crippen LogP contribution in [-0.4, -0.2) is 9.97 Å². The molecule has 0 saturated heterocycles. The van der Waals surface area contributed by atoms with Gasteiger partial charge in [-0.3, -0.25) is 0 Å². The molecule has 2 nitrogen and oxygen atoms in total. The third kappa shape index (κ3) is 2.47. The number of aryl methyl sites for hydroxylation is 1. The van der Waals surface area contributed by atoms with Crippen LogP contribution in [0.4, 0.5) is 0 Å². The van der Waals surface area contributed by atoms with Crippen molar-refractivity contribution in [1.29, 1.82) is 0 Å². The van der Waals surface area contributed by atoms with E-state index in [1.165, 1.54) is 0 Å². The Bertz CT molecular complexity index is 520. The SMILES string of the molecule is Cc1nc(-c2cccc(Cl)c2)nc(Cl)c1I. The summed E-state index contributed by atoms with van der Waals surface area (Å²) in [6, 6.07) is 7.40. The van der Waals surface area contributed by atoms with Crippen LogP contribution in [0.2, 0.25) is 10.2 Å². The summed E-state index contributed by atoms with van der Waals surface area (Å²) in [5, 5.41) is 1.14. The quantitative estimate of drug-likeness (QED) is 0.554. The lowest BCUT2D eigenvalue weighted by molar-refractivity contribution is 1.09. The van der Waals surface area contributed by atoms with Gasteiger partial charge < -0.3 is 0 Å². The molecule has 0 N–H and O–H groups in total. The van der Waals surface area contributed by atoms with E-state index < -0.39 is 0 Å². The molecule has 16 heavy (non-hydrogen) atoms. The standard InChI is InChI=1S/C11H7Cl2IN2/c1-6-9(14)10(13)16-11(15-6)7-3-2-4-8(12)5-7/h2-5H,1H3. The smallest absolute Gasteiger partial charge is 0.161 e. The van der Waals surface area contributed by atoms with E-state index >= 15 is 0 Å². The highest BCUT2D eigenvalue weighted by atomic mass is 127. The molecule has 0 bridgehead atoms. The Morgan fingerprint density at radius 3 is 2.56 bits per heavy atom. The van der Waals surface area contributed by atoms with E-state index in [9.17, 15) is 0 Å². The zero-order valence-corrected chi connectivity index (χ0v) is 12.0. The van der Waals surface area contributed by atoms with Gasteiger partial charge in [0, 0.05) is 10.6 Å². The molecule has 82 valence electrons. The van der Waals surface area contributed by atoms with Crippen LogP contribution in [0.5, 0.6) is 0 Å². The summed E-state index contributed by atoms with van der Waals surface area (Å²) in [5.41, 5.74) is 1.74. The lowest BCUT2D eigenvalue weighted by atomic mass is 10.2. The highest BCUT2D eigenvalue weighted by Gasteiger charge is 2.09. The first-order valence-electron chi connectivity index (χ1n) is 4.53. The van der Waals surface area contributed by atoms with Crippen molar-refractivity contribution in [2.45, 2.75) is 6.92 Å². The van der Waals surface area contributed by atoms with Gasteiger partial charge in [0.25, 0.3) is 0 Å². The van der Waals surface area contributed by atoms with Crippen LogP contribution in [0.1, 0.15) is 5.69 Å². The van der Waals surface area contributed by atoms with Crippen LogP contribution < -0.4 is 0 Å². The van der Waals surface area contributed by atoms with Crippen molar-refractivity contribution in [3.63, 3.8) is 0 Å². The number of nitrogens with zero attached hydrogens (tertiary/aromatic N) is 2. The van der Waals surface area contributed by atoms with Crippen molar-refractivity contribution in [2.75, 3.05) is 0 Å². The van der Waals surface area contributed by atoms with Gasteiger partial charge in [0.2, 0.25) is 0 Å². The third-order valence-electron chi connectivity index (χ3n) is 2.06. The van der Waals surface area contributed by atoms with Crippen molar-refractivity contribution in [3.05, 3.63) is 43.7 Å². The number of rotatable bonds is 1. The number of benzene rings is 1. The summed E-state index contributed by atoms with van der Waals surface area (Å²) in [7, 11) is 0. The van der Waals surface area contributed by atoms with E-state index in [0.29, 0.717) is 16.0 Å². The summed E-state index contributed by atoms with van der Waals surface area (Å²) >= 11 is 14.1. The molecule has 0 fully saturated rings. The van der Waals surface area contributed by atoms with E-state index in [0.717, 1.165) is 14.8 Å². The first-order chi connectivity index (χ1) is 7.58. The van der Waals surface area contributed by atoms with Gasteiger partial charge in [0.1, 0.15) is 5.15 Å². The van der Waals surface area contributed by atoms with Gasteiger partial charge in [-0.2, -0.15) is 0 Å². The predicted molar refractivity (Wildman–Crippen MR) is 74.9 cm³/mol. The molecule has 0 spiro atoms. The Hall–Kier alpha value is -0.390. The van der Waals surface area contributed by atoms with Crippen LogP contribution in [-0.2, 0) is 0 Å². The van der Waals surface area contributed by atoms with Gasteiger partial charge in [-0.15, -0.1) is 0 Å². The maximum absolute atomic E-state index is 6.02. The van der Waals surface area contributed by atoms with Crippen LogP contribution in [0.25, 0.3) is 11.4 Å². The van der Waals surface area contributed by atoms with E-state index in [2.05, 4.69) is 32.6 Å². The Morgan fingerprint density at radius 2 is 1.94 bits per heavy atom. The van der Waals surface area contributed by atoms with Crippen LogP contribution in [0.15, 0.2) is 24.3 Å². The van der Waals surface area contributed by atoms with Crippen molar-refractivity contribution < 1.29 is 0 Å². The van der Waals surface area contributed by atoms with Crippen molar-refractivity contribution >= 4 is 45.8 Å². The molecular weight excluding hydrogens is 358 g/mol.